The number of benzene rings is 2. The number of nitro groups is 1. The predicted octanol–water partition coefficient (Wildman–Crippen LogP) is 3.64. The highest BCUT2D eigenvalue weighted by Gasteiger charge is 2.17. The Hall–Kier alpha value is -2.80. The Morgan fingerprint density at radius 2 is 1.91 bits per heavy atom. The van der Waals surface area contributed by atoms with Crippen LogP contribution in [0.3, 0.4) is 0 Å². The fourth-order valence-corrected chi connectivity index (χ4v) is 2.12. The Morgan fingerprint density at radius 3 is 2.59 bits per heavy atom. The molecule has 6 nitrogen and oxygen atoms in total. The number of hydrogen-bond acceptors (Lipinski definition) is 4. The summed E-state index contributed by atoms with van der Waals surface area (Å²) in [5.74, 6) is -0.431. The zero-order chi connectivity index (χ0) is 15.7. The summed E-state index contributed by atoms with van der Waals surface area (Å²) in [6.07, 6.45) is 1.32. The Morgan fingerprint density at radius 1 is 1.18 bits per heavy atom. The number of aromatic nitrogens is 3. The van der Waals surface area contributed by atoms with Crippen molar-refractivity contribution in [3.8, 4) is 17.1 Å². The monoisotopic (exact) mass is 318 g/mol. The molecule has 1 aromatic heterocycles. The fourth-order valence-electron chi connectivity index (χ4n) is 2.00. The second-order valence-corrected chi connectivity index (χ2v) is 4.83. The van der Waals surface area contributed by atoms with Crippen molar-refractivity contribution in [2.24, 2.45) is 0 Å². The Bertz CT molecular complexity index is 848. The van der Waals surface area contributed by atoms with Gasteiger partial charge in [0, 0.05) is 16.7 Å². The van der Waals surface area contributed by atoms with Crippen molar-refractivity contribution in [3.63, 3.8) is 0 Å². The van der Waals surface area contributed by atoms with Crippen LogP contribution in [0.15, 0.2) is 48.8 Å². The van der Waals surface area contributed by atoms with Crippen LogP contribution in [0.4, 0.5) is 10.1 Å². The number of nitro benzene ring substituents is 1. The molecule has 2 aromatic carbocycles. The third-order valence-electron chi connectivity index (χ3n) is 3.02. The SMILES string of the molecule is O=[N+]([O-])c1cc(-n2ncnc2-c2ccc(Cl)cc2)ccc1F. The van der Waals surface area contributed by atoms with Gasteiger partial charge in [0.15, 0.2) is 5.82 Å². The summed E-state index contributed by atoms with van der Waals surface area (Å²) in [5, 5.41) is 15.5. The first-order valence-electron chi connectivity index (χ1n) is 6.16. The summed E-state index contributed by atoms with van der Waals surface area (Å²) < 4.78 is 14.8. The van der Waals surface area contributed by atoms with Gasteiger partial charge in [-0.15, -0.1) is 0 Å². The lowest BCUT2D eigenvalue weighted by molar-refractivity contribution is -0.387. The van der Waals surface area contributed by atoms with Gasteiger partial charge in [-0.3, -0.25) is 10.1 Å². The van der Waals surface area contributed by atoms with Crippen molar-refractivity contribution in [1.82, 2.24) is 14.8 Å². The molecule has 0 bridgehead atoms. The molecule has 0 aliphatic carbocycles. The topological polar surface area (TPSA) is 73.8 Å². The second-order valence-electron chi connectivity index (χ2n) is 4.40. The van der Waals surface area contributed by atoms with Crippen LogP contribution in [-0.2, 0) is 0 Å². The fraction of sp³-hybridized carbons (Fsp3) is 0. The smallest absolute Gasteiger partial charge is 0.258 e. The first-order valence-corrected chi connectivity index (χ1v) is 6.54. The first kappa shape index (κ1) is 14.2. The molecule has 0 atom stereocenters. The lowest BCUT2D eigenvalue weighted by Crippen LogP contribution is -2.02. The molecule has 0 N–H and O–H groups in total. The third-order valence-corrected chi connectivity index (χ3v) is 3.27. The predicted molar refractivity (Wildman–Crippen MR) is 78.4 cm³/mol. The standard InChI is InChI=1S/C14H8ClFN4O2/c15-10-3-1-9(2-4-10)14-17-8-18-19(14)11-5-6-12(16)13(7-11)20(21)22/h1-8H. The molecule has 3 aromatic rings. The maximum absolute atomic E-state index is 13.4. The van der Waals surface area contributed by atoms with Crippen molar-refractivity contribution in [2.75, 3.05) is 0 Å². The van der Waals surface area contributed by atoms with E-state index in [0.29, 0.717) is 16.5 Å². The van der Waals surface area contributed by atoms with E-state index in [2.05, 4.69) is 10.1 Å². The molecule has 22 heavy (non-hydrogen) atoms. The molecule has 0 aliphatic rings. The van der Waals surface area contributed by atoms with E-state index in [1.807, 2.05) is 0 Å². The lowest BCUT2D eigenvalue weighted by atomic mass is 10.2. The zero-order valence-corrected chi connectivity index (χ0v) is 11.7. The van der Waals surface area contributed by atoms with Crippen LogP contribution in [0.1, 0.15) is 0 Å². The van der Waals surface area contributed by atoms with Gasteiger partial charge >= 0.3 is 5.69 Å². The van der Waals surface area contributed by atoms with Crippen LogP contribution in [-0.4, -0.2) is 19.7 Å². The van der Waals surface area contributed by atoms with Gasteiger partial charge in [0.05, 0.1) is 10.6 Å². The van der Waals surface area contributed by atoms with Crippen molar-refractivity contribution < 1.29 is 9.31 Å². The highest BCUT2D eigenvalue weighted by atomic mass is 35.5. The lowest BCUT2D eigenvalue weighted by Gasteiger charge is -2.06. The zero-order valence-electron chi connectivity index (χ0n) is 11.0. The van der Waals surface area contributed by atoms with E-state index in [9.17, 15) is 14.5 Å². The van der Waals surface area contributed by atoms with Gasteiger partial charge in [-0.2, -0.15) is 9.49 Å². The van der Waals surface area contributed by atoms with Crippen LogP contribution in [0.25, 0.3) is 17.1 Å². The average molecular weight is 319 g/mol. The first-order chi connectivity index (χ1) is 10.6. The number of rotatable bonds is 3. The third kappa shape index (κ3) is 2.53. The summed E-state index contributed by atoms with van der Waals surface area (Å²) in [6, 6.07) is 10.4. The van der Waals surface area contributed by atoms with Gasteiger partial charge < -0.3 is 0 Å². The number of hydrogen-bond donors (Lipinski definition) is 0. The summed E-state index contributed by atoms with van der Waals surface area (Å²) in [4.78, 5) is 14.2. The molecule has 0 radical (unpaired) electrons. The molecule has 0 amide bonds. The minimum atomic E-state index is -0.901. The maximum atomic E-state index is 13.4. The van der Waals surface area contributed by atoms with Crippen molar-refractivity contribution in [1.29, 1.82) is 0 Å². The Kier molecular flexibility index (Phi) is 3.56. The van der Waals surface area contributed by atoms with Crippen molar-refractivity contribution in [3.05, 3.63) is 69.7 Å². The van der Waals surface area contributed by atoms with Gasteiger partial charge in [0.25, 0.3) is 0 Å². The number of nitrogens with zero attached hydrogens (tertiary/aromatic N) is 4. The largest absolute Gasteiger partial charge is 0.306 e. The van der Waals surface area contributed by atoms with E-state index in [-0.39, 0.29) is 0 Å². The van der Waals surface area contributed by atoms with Crippen LogP contribution in [0, 0.1) is 15.9 Å². The summed E-state index contributed by atoms with van der Waals surface area (Å²) in [5.41, 5.74) is 0.458. The summed E-state index contributed by atoms with van der Waals surface area (Å²) >= 11 is 5.84. The second kappa shape index (κ2) is 5.53. The van der Waals surface area contributed by atoms with Crippen LogP contribution in [0.2, 0.25) is 5.02 Å². The van der Waals surface area contributed by atoms with E-state index < -0.39 is 16.4 Å². The van der Waals surface area contributed by atoms with Crippen molar-refractivity contribution >= 4 is 17.3 Å². The van der Waals surface area contributed by atoms with Gasteiger partial charge in [0.1, 0.15) is 6.33 Å². The average Bonchev–Trinajstić information content (AvgIpc) is 2.97. The highest BCUT2D eigenvalue weighted by molar-refractivity contribution is 6.30. The van der Waals surface area contributed by atoms with Gasteiger partial charge in [-0.25, -0.2) is 9.67 Å². The van der Waals surface area contributed by atoms with E-state index in [0.717, 1.165) is 17.7 Å². The van der Waals surface area contributed by atoms with Gasteiger partial charge in [-0.1, -0.05) is 11.6 Å². The molecule has 0 fully saturated rings. The molecule has 3 rings (SSSR count). The Balaban J connectivity index is 2.11. The molecular weight excluding hydrogens is 311 g/mol. The molecule has 0 aliphatic heterocycles. The van der Waals surface area contributed by atoms with Crippen LogP contribution in [0.5, 0.6) is 0 Å². The van der Waals surface area contributed by atoms with Crippen LogP contribution >= 0.6 is 11.6 Å². The normalized spacial score (nSPS) is 10.6. The summed E-state index contributed by atoms with van der Waals surface area (Å²) in [7, 11) is 0. The summed E-state index contributed by atoms with van der Waals surface area (Å²) in [6.45, 7) is 0. The van der Waals surface area contributed by atoms with E-state index in [1.54, 1.807) is 24.3 Å². The molecule has 1 heterocycles. The highest BCUT2D eigenvalue weighted by Crippen LogP contribution is 2.25. The molecule has 0 unspecified atom stereocenters. The van der Waals surface area contributed by atoms with E-state index in [1.165, 1.54) is 17.1 Å². The van der Waals surface area contributed by atoms with E-state index in [4.69, 9.17) is 11.6 Å². The minimum Gasteiger partial charge on any atom is -0.258 e. The number of halogens is 2. The van der Waals surface area contributed by atoms with Crippen molar-refractivity contribution in [2.45, 2.75) is 0 Å². The van der Waals surface area contributed by atoms with Gasteiger partial charge in [-0.05, 0) is 36.4 Å². The molecule has 0 saturated carbocycles. The van der Waals surface area contributed by atoms with Crippen LogP contribution < -0.4 is 0 Å². The maximum Gasteiger partial charge on any atom is 0.306 e. The molecule has 0 spiro atoms. The quantitative estimate of drug-likeness (QED) is 0.546. The molecule has 8 heteroatoms. The van der Waals surface area contributed by atoms with Gasteiger partial charge in [0.2, 0.25) is 5.82 Å². The Labute approximate surface area is 128 Å². The molecular formula is C14H8ClFN4O2. The molecule has 110 valence electrons. The minimum absolute atomic E-state index is 0.343. The molecule has 0 saturated heterocycles. The van der Waals surface area contributed by atoms with E-state index >= 15 is 0 Å².